The molecule has 1 fully saturated rings. The second kappa shape index (κ2) is 8.43. The van der Waals surface area contributed by atoms with Gasteiger partial charge in [0.2, 0.25) is 5.89 Å². The molecular weight excluding hydrogens is 404 g/mol. The molecule has 162 valence electrons. The summed E-state index contributed by atoms with van der Waals surface area (Å²) in [6, 6.07) is 15.5. The van der Waals surface area contributed by atoms with Crippen LogP contribution in [-0.2, 0) is 11.8 Å². The summed E-state index contributed by atoms with van der Waals surface area (Å²) in [7, 11) is 1.87. The van der Waals surface area contributed by atoms with Gasteiger partial charge in [-0.15, -0.1) is 0 Å². The minimum atomic E-state index is -0.191. The molecular formula is C25H24N4O3. The molecule has 2 aromatic heterocycles. The number of carbonyl (C=O) groups excluding carboxylic acids is 1. The zero-order chi connectivity index (χ0) is 22.1. The number of hydrogen-bond donors (Lipinski definition) is 0. The number of oxazole rings is 1. The van der Waals surface area contributed by atoms with Crippen LogP contribution < -0.4 is 0 Å². The normalized spacial score (nSPS) is 16.3. The summed E-state index contributed by atoms with van der Waals surface area (Å²) < 4.78 is 13.7. The van der Waals surface area contributed by atoms with Crippen LogP contribution in [-0.4, -0.2) is 45.3 Å². The van der Waals surface area contributed by atoms with Crippen LogP contribution in [0.1, 0.15) is 27.6 Å². The molecule has 4 aromatic rings. The average Bonchev–Trinajstić information content (AvgIpc) is 3.49. The highest BCUT2D eigenvalue weighted by molar-refractivity contribution is 6.00. The van der Waals surface area contributed by atoms with Gasteiger partial charge < -0.3 is 14.1 Å². The van der Waals surface area contributed by atoms with E-state index in [0.717, 1.165) is 11.1 Å². The second-order valence-electron chi connectivity index (χ2n) is 8.00. The summed E-state index contributed by atoms with van der Waals surface area (Å²) in [6.45, 7) is 3.52. The van der Waals surface area contributed by atoms with E-state index in [2.05, 4.69) is 10.1 Å². The topological polar surface area (TPSA) is 73.4 Å². The van der Waals surface area contributed by atoms with Crippen molar-refractivity contribution >= 4 is 5.91 Å². The number of amides is 1. The van der Waals surface area contributed by atoms with E-state index in [0.29, 0.717) is 42.5 Å². The Hall–Kier alpha value is -3.71. The van der Waals surface area contributed by atoms with Crippen molar-refractivity contribution in [2.45, 2.75) is 13.0 Å². The van der Waals surface area contributed by atoms with E-state index in [1.807, 2.05) is 73.6 Å². The number of hydrogen-bond acceptors (Lipinski definition) is 5. The molecule has 7 heteroatoms. The third kappa shape index (κ3) is 3.94. The molecule has 5 rings (SSSR count). The van der Waals surface area contributed by atoms with Gasteiger partial charge in [-0.1, -0.05) is 42.0 Å². The zero-order valence-electron chi connectivity index (χ0n) is 18.1. The third-order valence-corrected chi connectivity index (χ3v) is 5.68. The summed E-state index contributed by atoms with van der Waals surface area (Å²) in [5.41, 5.74) is 4.34. The molecule has 1 amide bonds. The van der Waals surface area contributed by atoms with Crippen LogP contribution >= 0.6 is 0 Å². The molecule has 0 aliphatic carbocycles. The predicted octanol–water partition coefficient (Wildman–Crippen LogP) is 4.26. The zero-order valence-corrected chi connectivity index (χ0v) is 18.1. The highest BCUT2D eigenvalue weighted by atomic mass is 16.5. The number of morpholine rings is 1. The SMILES string of the molecule is Cc1ccc(-c2cnc(-c3ccccc3C(=O)N3CCOC(c4cnn(C)c4)C3)o2)cc1. The maximum absolute atomic E-state index is 13.5. The lowest BCUT2D eigenvalue weighted by Gasteiger charge is -2.33. The fourth-order valence-electron chi connectivity index (χ4n) is 3.92. The Labute approximate surface area is 186 Å². The van der Waals surface area contributed by atoms with Crippen molar-refractivity contribution in [1.29, 1.82) is 0 Å². The molecule has 2 aromatic carbocycles. The first-order chi connectivity index (χ1) is 15.6. The van der Waals surface area contributed by atoms with Crippen LogP contribution in [0.25, 0.3) is 22.8 Å². The monoisotopic (exact) mass is 428 g/mol. The van der Waals surface area contributed by atoms with Gasteiger partial charge in [0.15, 0.2) is 5.76 Å². The maximum Gasteiger partial charge on any atom is 0.254 e. The number of nitrogens with zero attached hydrogens (tertiary/aromatic N) is 4. The van der Waals surface area contributed by atoms with E-state index in [-0.39, 0.29) is 12.0 Å². The Morgan fingerprint density at radius 3 is 2.69 bits per heavy atom. The molecule has 0 spiro atoms. The first-order valence-electron chi connectivity index (χ1n) is 10.6. The number of aromatic nitrogens is 3. The highest BCUT2D eigenvalue weighted by Gasteiger charge is 2.28. The van der Waals surface area contributed by atoms with Crippen LogP contribution in [0.4, 0.5) is 0 Å². The molecule has 0 bridgehead atoms. The molecule has 7 nitrogen and oxygen atoms in total. The van der Waals surface area contributed by atoms with Crippen LogP contribution in [0.3, 0.4) is 0 Å². The number of carbonyl (C=O) groups is 1. The van der Waals surface area contributed by atoms with Crippen molar-refractivity contribution in [3.05, 3.63) is 83.8 Å². The fourth-order valence-corrected chi connectivity index (χ4v) is 3.92. The first kappa shape index (κ1) is 20.2. The molecule has 0 radical (unpaired) electrons. The smallest absolute Gasteiger partial charge is 0.254 e. The lowest BCUT2D eigenvalue weighted by Crippen LogP contribution is -2.42. The molecule has 1 atom stereocenters. The Kier molecular flexibility index (Phi) is 5.33. The lowest BCUT2D eigenvalue weighted by atomic mass is 10.0. The van der Waals surface area contributed by atoms with Gasteiger partial charge in [-0.25, -0.2) is 4.98 Å². The van der Waals surface area contributed by atoms with Crippen LogP contribution in [0.2, 0.25) is 0 Å². The van der Waals surface area contributed by atoms with Gasteiger partial charge in [0, 0.05) is 36.5 Å². The number of aryl methyl sites for hydroxylation is 2. The van der Waals surface area contributed by atoms with Gasteiger partial charge in [-0.05, 0) is 19.1 Å². The Balaban J connectivity index is 1.41. The van der Waals surface area contributed by atoms with Crippen LogP contribution in [0.15, 0.2) is 71.5 Å². The Morgan fingerprint density at radius 2 is 1.91 bits per heavy atom. The molecule has 3 heterocycles. The summed E-state index contributed by atoms with van der Waals surface area (Å²) in [4.78, 5) is 19.8. The number of ether oxygens (including phenoxy) is 1. The lowest BCUT2D eigenvalue weighted by molar-refractivity contribution is -0.0228. The van der Waals surface area contributed by atoms with Gasteiger partial charge in [0.1, 0.15) is 6.10 Å². The van der Waals surface area contributed by atoms with Crippen molar-refractivity contribution in [3.63, 3.8) is 0 Å². The summed E-state index contributed by atoms with van der Waals surface area (Å²) in [5.74, 6) is 1.04. The fraction of sp³-hybridized carbons (Fsp3) is 0.240. The van der Waals surface area contributed by atoms with Crippen molar-refractivity contribution in [3.8, 4) is 22.8 Å². The van der Waals surface area contributed by atoms with Crippen molar-refractivity contribution in [2.75, 3.05) is 19.7 Å². The first-order valence-corrected chi connectivity index (χ1v) is 10.6. The molecule has 32 heavy (non-hydrogen) atoms. The van der Waals surface area contributed by atoms with Crippen molar-refractivity contribution < 1.29 is 13.9 Å². The quantitative estimate of drug-likeness (QED) is 0.486. The van der Waals surface area contributed by atoms with Crippen molar-refractivity contribution in [2.24, 2.45) is 7.05 Å². The largest absolute Gasteiger partial charge is 0.436 e. The molecule has 1 unspecified atom stereocenters. The molecule has 0 N–H and O–H groups in total. The van der Waals surface area contributed by atoms with E-state index in [9.17, 15) is 4.79 Å². The van der Waals surface area contributed by atoms with Gasteiger partial charge >= 0.3 is 0 Å². The van der Waals surface area contributed by atoms with Gasteiger partial charge in [0.25, 0.3) is 5.91 Å². The molecule has 0 saturated carbocycles. The Bertz CT molecular complexity index is 1240. The summed E-state index contributed by atoms with van der Waals surface area (Å²) in [5, 5.41) is 4.22. The Morgan fingerprint density at radius 1 is 1.09 bits per heavy atom. The standard InChI is InChI=1S/C25H24N4O3/c1-17-7-9-18(10-8-17)22-14-26-24(32-22)20-5-3-4-6-21(20)25(30)29-11-12-31-23(16-29)19-13-27-28(2)15-19/h3-10,13-15,23H,11-12,16H2,1-2H3. The summed E-state index contributed by atoms with van der Waals surface area (Å²) >= 11 is 0. The van der Waals surface area contributed by atoms with E-state index >= 15 is 0 Å². The van der Waals surface area contributed by atoms with E-state index in [4.69, 9.17) is 9.15 Å². The second-order valence-corrected chi connectivity index (χ2v) is 8.00. The van der Waals surface area contributed by atoms with E-state index < -0.39 is 0 Å². The third-order valence-electron chi connectivity index (χ3n) is 5.68. The van der Waals surface area contributed by atoms with E-state index in [1.165, 1.54) is 5.56 Å². The van der Waals surface area contributed by atoms with Crippen LogP contribution in [0.5, 0.6) is 0 Å². The molecule has 1 aliphatic rings. The number of benzene rings is 2. The number of rotatable bonds is 4. The van der Waals surface area contributed by atoms with Crippen LogP contribution in [0, 0.1) is 6.92 Å². The van der Waals surface area contributed by atoms with Crippen molar-refractivity contribution in [1.82, 2.24) is 19.7 Å². The predicted molar refractivity (Wildman–Crippen MR) is 120 cm³/mol. The van der Waals surface area contributed by atoms with Gasteiger partial charge in [0.05, 0.1) is 31.1 Å². The summed E-state index contributed by atoms with van der Waals surface area (Å²) in [6.07, 6.45) is 5.22. The van der Waals surface area contributed by atoms with E-state index in [1.54, 1.807) is 17.1 Å². The van der Waals surface area contributed by atoms with Gasteiger partial charge in [-0.2, -0.15) is 5.10 Å². The molecule has 1 aliphatic heterocycles. The minimum absolute atomic E-state index is 0.0622. The average molecular weight is 428 g/mol. The van der Waals surface area contributed by atoms with Gasteiger partial charge in [-0.3, -0.25) is 9.48 Å². The maximum atomic E-state index is 13.5. The highest BCUT2D eigenvalue weighted by Crippen LogP contribution is 2.30. The minimum Gasteiger partial charge on any atom is -0.436 e. The molecule has 1 saturated heterocycles.